The van der Waals surface area contributed by atoms with E-state index in [0.717, 1.165) is 29.0 Å². The van der Waals surface area contributed by atoms with Gasteiger partial charge in [0.2, 0.25) is 0 Å². The first-order valence-corrected chi connectivity index (χ1v) is 7.36. The van der Waals surface area contributed by atoms with Gasteiger partial charge < -0.3 is 14.7 Å². The number of carbonyl (C=O) groups excluding carboxylic acids is 1. The van der Waals surface area contributed by atoms with Gasteiger partial charge in [-0.1, -0.05) is 18.2 Å². The molecule has 2 heterocycles. The van der Waals surface area contributed by atoms with E-state index in [1.807, 2.05) is 24.3 Å². The molecule has 1 aromatic heterocycles. The molecule has 5 nitrogen and oxygen atoms in total. The molecular formula is C15H13NO4S. The van der Waals surface area contributed by atoms with Gasteiger partial charge >= 0.3 is 5.97 Å². The standard InChI is InChI=1S/C15H13NO4S/c17-14(8-20-11-7-13(15(18)19)21-9-11)16-6-5-10-3-1-2-4-12(10)16/h1-4,7,9H,5-6,8H2,(H,18,19). The first kappa shape index (κ1) is 13.6. The molecule has 6 heteroatoms. The summed E-state index contributed by atoms with van der Waals surface area (Å²) in [5, 5.41) is 10.4. The SMILES string of the molecule is O=C(O)c1cc(OCC(=O)N2CCc3ccccc32)cs1. The van der Waals surface area contributed by atoms with Crippen LogP contribution >= 0.6 is 11.3 Å². The molecule has 0 saturated heterocycles. The normalized spacial score (nSPS) is 13.0. The predicted octanol–water partition coefficient (Wildman–Crippen LogP) is 2.41. The second kappa shape index (κ2) is 5.57. The second-order valence-corrected chi connectivity index (χ2v) is 5.58. The summed E-state index contributed by atoms with van der Waals surface area (Å²) in [7, 11) is 0. The Morgan fingerprint density at radius 1 is 1.33 bits per heavy atom. The lowest BCUT2D eigenvalue weighted by molar-refractivity contribution is -0.120. The zero-order valence-electron chi connectivity index (χ0n) is 11.1. The molecule has 2 aromatic rings. The molecule has 1 aliphatic heterocycles. The zero-order chi connectivity index (χ0) is 14.8. The average Bonchev–Trinajstić information content (AvgIpc) is 3.11. The second-order valence-electron chi connectivity index (χ2n) is 4.66. The zero-order valence-corrected chi connectivity index (χ0v) is 11.9. The highest BCUT2D eigenvalue weighted by molar-refractivity contribution is 7.12. The summed E-state index contributed by atoms with van der Waals surface area (Å²) >= 11 is 1.08. The lowest BCUT2D eigenvalue weighted by Crippen LogP contribution is -2.33. The number of benzene rings is 1. The lowest BCUT2D eigenvalue weighted by Gasteiger charge is -2.17. The predicted molar refractivity (Wildman–Crippen MR) is 79.3 cm³/mol. The van der Waals surface area contributed by atoms with Gasteiger partial charge in [-0.15, -0.1) is 11.3 Å². The molecule has 1 aromatic carbocycles. The fourth-order valence-electron chi connectivity index (χ4n) is 2.33. The highest BCUT2D eigenvalue weighted by atomic mass is 32.1. The number of carboxylic acid groups (broad SMARTS) is 1. The molecule has 1 aliphatic rings. The number of rotatable bonds is 4. The van der Waals surface area contributed by atoms with Gasteiger partial charge in [-0.2, -0.15) is 0 Å². The minimum absolute atomic E-state index is 0.0931. The molecule has 0 aliphatic carbocycles. The van der Waals surface area contributed by atoms with Gasteiger partial charge in [0.15, 0.2) is 6.61 Å². The lowest BCUT2D eigenvalue weighted by atomic mass is 10.2. The van der Waals surface area contributed by atoms with Crippen LogP contribution in [0.1, 0.15) is 15.2 Å². The Morgan fingerprint density at radius 2 is 2.14 bits per heavy atom. The summed E-state index contributed by atoms with van der Waals surface area (Å²) in [5.74, 6) is -0.698. The number of aromatic carboxylic acids is 1. The van der Waals surface area contributed by atoms with Crippen molar-refractivity contribution in [3.63, 3.8) is 0 Å². The van der Waals surface area contributed by atoms with E-state index in [1.165, 1.54) is 6.07 Å². The maximum atomic E-state index is 12.2. The Hall–Kier alpha value is -2.34. The van der Waals surface area contributed by atoms with Crippen molar-refractivity contribution in [3.8, 4) is 5.75 Å². The van der Waals surface area contributed by atoms with Crippen LogP contribution in [-0.4, -0.2) is 30.1 Å². The van der Waals surface area contributed by atoms with E-state index in [9.17, 15) is 9.59 Å². The Bertz CT molecular complexity index is 694. The van der Waals surface area contributed by atoms with E-state index in [0.29, 0.717) is 12.3 Å². The van der Waals surface area contributed by atoms with Crippen LogP contribution in [-0.2, 0) is 11.2 Å². The molecule has 0 unspecified atom stereocenters. The quantitative estimate of drug-likeness (QED) is 0.942. The highest BCUT2D eigenvalue weighted by Crippen LogP contribution is 2.28. The van der Waals surface area contributed by atoms with E-state index >= 15 is 0 Å². The van der Waals surface area contributed by atoms with Crippen molar-refractivity contribution in [2.24, 2.45) is 0 Å². The number of anilines is 1. The van der Waals surface area contributed by atoms with Crippen molar-refractivity contribution in [1.29, 1.82) is 0 Å². The molecule has 0 spiro atoms. The third-order valence-electron chi connectivity index (χ3n) is 3.34. The third kappa shape index (κ3) is 2.75. The number of hydrogen-bond acceptors (Lipinski definition) is 4. The Morgan fingerprint density at radius 3 is 2.90 bits per heavy atom. The first-order valence-electron chi connectivity index (χ1n) is 6.48. The minimum Gasteiger partial charge on any atom is -0.483 e. The fraction of sp³-hybridized carbons (Fsp3) is 0.200. The number of thiophene rings is 1. The highest BCUT2D eigenvalue weighted by Gasteiger charge is 2.24. The van der Waals surface area contributed by atoms with Crippen LogP contribution in [0.3, 0.4) is 0 Å². The maximum absolute atomic E-state index is 12.2. The molecule has 108 valence electrons. The summed E-state index contributed by atoms with van der Waals surface area (Å²) in [4.78, 5) is 24.9. The summed E-state index contributed by atoms with van der Waals surface area (Å²) in [6.45, 7) is 0.565. The molecule has 0 radical (unpaired) electrons. The number of amides is 1. The molecule has 1 amide bonds. The molecule has 3 rings (SSSR count). The van der Waals surface area contributed by atoms with Crippen molar-refractivity contribution in [2.75, 3.05) is 18.1 Å². The molecule has 0 atom stereocenters. The van der Waals surface area contributed by atoms with Crippen molar-refractivity contribution in [3.05, 3.63) is 46.2 Å². The van der Waals surface area contributed by atoms with Gasteiger partial charge in [-0.3, -0.25) is 4.79 Å². The van der Waals surface area contributed by atoms with Crippen molar-refractivity contribution in [2.45, 2.75) is 6.42 Å². The van der Waals surface area contributed by atoms with Gasteiger partial charge in [0.25, 0.3) is 5.91 Å². The van der Waals surface area contributed by atoms with Gasteiger partial charge in [0.1, 0.15) is 10.6 Å². The molecular weight excluding hydrogens is 290 g/mol. The summed E-state index contributed by atoms with van der Waals surface area (Å²) in [6.07, 6.45) is 0.851. The number of nitrogens with zero attached hydrogens (tertiary/aromatic N) is 1. The summed E-state index contributed by atoms with van der Waals surface area (Å²) in [6, 6.07) is 9.23. The molecule has 0 bridgehead atoms. The van der Waals surface area contributed by atoms with Gasteiger partial charge in [0, 0.05) is 23.7 Å². The fourth-order valence-corrected chi connectivity index (χ4v) is 2.99. The average molecular weight is 303 g/mol. The minimum atomic E-state index is -0.991. The van der Waals surface area contributed by atoms with Crippen LogP contribution in [0.5, 0.6) is 5.75 Å². The third-order valence-corrected chi connectivity index (χ3v) is 4.23. The van der Waals surface area contributed by atoms with E-state index in [4.69, 9.17) is 9.84 Å². The molecule has 0 fully saturated rings. The molecule has 1 N–H and O–H groups in total. The summed E-state index contributed by atoms with van der Waals surface area (Å²) in [5.41, 5.74) is 2.09. The van der Waals surface area contributed by atoms with E-state index < -0.39 is 5.97 Å². The van der Waals surface area contributed by atoms with Gasteiger partial charge in [-0.25, -0.2) is 4.79 Å². The van der Waals surface area contributed by atoms with Crippen LogP contribution in [0.4, 0.5) is 5.69 Å². The van der Waals surface area contributed by atoms with Crippen LogP contribution in [0.2, 0.25) is 0 Å². The van der Waals surface area contributed by atoms with Gasteiger partial charge in [0.05, 0.1) is 0 Å². The smallest absolute Gasteiger partial charge is 0.346 e. The number of hydrogen-bond donors (Lipinski definition) is 1. The number of ether oxygens (including phenoxy) is 1. The number of carboxylic acids is 1. The first-order chi connectivity index (χ1) is 10.1. The van der Waals surface area contributed by atoms with Crippen molar-refractivity contribution < 1.29 is 19.4 Å². The number of fused-ring (bicyclic) bond motifs is 1. The topological polar surface area (TPSA) is 66.8 Å². The number of carbonyl (C=O) groups is 2. The van der Waals surface area contributed by atoms with Crippen LogP contribution in [0.25, 0.3) is 0 Å². The molecule has 21 heavy (non-hydrogen) atoms. The Balaban J connectivity index is 1.63. The van der Waals surface area contributed by atoms with E-state index in [1.54, 1.807) is 10.3 Å². The Labute approximate surface area is 125 Å². The van der Waals surface area contributed by atoms with Crippen LogP contribution in [0, 0.1) is 0 Å². The van der Waals surface area contributed by atoms with E-state index in [2.05, 4.69) is 0 Å². The Kier molecular flexibility index (Phi) is 3.62. The maximum Gasteiger partial charge on any atom is 0.346 e. The van der Waals surface area contributed by atoms with E-state index in [-0.39, 0.29) is 17.4 Å². The number of para-hydroxylation sites is 1. The van der Waals surface area contributed by atoms with Gasteiger partial charge in [-0.05, 0) is 18.1 Å². The summed E-state index contributed by atoms with van der Waals surface area (Å²) < 4.78 is 5.38. The van der Waals surface area contributed by atoms with Crippen LogP contribution < -0.4 is 9.64 Å². The van der Waals surface area contributed by atoms with Crippen LogP contribution in [0.15, 0.2) is 35.7 Å². The van der Waals surface area contributed by atoms with Crippen molar-refractivity contribution >= 4 is 28.9 Å². The monoisotopic (exact) mass is 303 g/mol. The molecule has 0 saturated carbocycles. The largest absolute Gasteiger partial charge is 0.483 e. The van der Waals surface area contributed by atoms with Crippen molar-refractivity contribution in [1.82, 2.24) is 0 Å².